The second kappa shape index (κ2) is 4.55. The van der Waals surface area contributed by atoms with E-state index in [0.717, 1.165) is 31.7 Å². The van der Waals surface area contributed by atoms with Crippen molar-refractivity contribution in [1.29, 1.82) is 0 Å². The second-order valence-electron chi connectivity index (χ2n) is 3.98. The number of nitrogens with zero attached hydrogens (tertiary/aromatic N) is 2. The Balaban J connectivity index is 1.78. The van der Waals surface area contributed by atoms with Crippen molar-refractivity contribution in [1.82, 2.24) is 9.97 Å². The molecule has 3 aromatic rings. The molecule has 6 heteroatoms. The van der Waals surface area contributed by atoms with Crippen molar-refractivity contribution in [2.75, 3.05) is 11.1 Å². The topological polar surface area (TPSA) is 63.8 Å². The van der Waals surface area contributed by atoms with E-state index in [-0.39, 0.29) is 0 Å². The van der Waals surface area contributed by atoms with Crippen LogP contribution in [0.4, 0.5) is 10.8 Å². The zero-order valence-corrected chi connectivity index (χ0v) is 11.4. The van der Waals surface area contributed by atoms with Crippen LogP contribution in [-0.4, -0.2) is 9.97 Å². The van der Waals surface area contributed by atoms with Crippen LogP contribution in [-0.2, 0) is 6.54 Å². The Morgan fingerprint density at radius 3 is 3.00 bits per heavy atom. The highest BCUT2D eigenvalue weighted by Crippen LogP contribution is 2.27. The van der Waals surface area contributed by atoms with Crippen molar-refractivity contribution in [3.8, 4) is 0 Å². The third-order valence-corrected chi connectivity index (χ3v) is 4.41. The largest absolute Gasteiger partial charge is 0.399 e. The summed E-state index contributed by atoms with van der Waals surface area (Å²) in [7, 11) is 0. The number of nitrogens with two attached hydrogens (primary N) is 1. The van der Waals surface area contributed by atoms with E-state index in [1.54, 1.807) is 22.7 Å². The van der Waals surface area contributed by atoms with Crippen LogP contribution < -0.4 is 11.1 Å². The van der Waals surface area contributed by atoms with Crippen LogP contribution in [0.5, 0.6) is 0 Å². The number of anilines is 2. The highest BCUT2D eigenvalue weighted by atomic mass is 32.1. The molecular weight excluding hydrogens is 264 g/mol. The molecule has 0 unspecified atom stereocenters. The van der Waals surface area contributed by atoms with Crippen molar-refractivity contribution < 1.29 is 0 Å². The number of aromatic nitrogens is 2. The van der Waals surface area contributed by atoms with Gasteiger partial charge < -0.3 is 11.1 Å². The van der Waals surface area contributed by atoms with Gasteiger partial charge in [-0.05, 0) is 25.1 Å². The molecular formula is C12H12N4S2. The molecule has 4 nitrogen and oxygen atoms in total. The van der Waals surface area contributed by atoms with E-state index in [1.165, 1.54) is 0 Å². The Hall–Kier alpha value is -1.66. The van der Waals surface area contributed by atoms with E-state index < -0.39 is 0 Å². The molecule has 2 heterocycles. The first-order valence-electron chi connectivity index (χ1n) is 5.51. The molecule has 0 atom stereocenters. The summed E-state index contributed by atoms with van der Waals surface area (Å²) in [6.45, 7) is 2.72. The van der Waals surface area contributed by atoms with Gasteiger partial charge in [0, 0.05) is 16.8 Å². The molecule has 0 amide bonds. The van der Waals surface area contributed by atoms with E-state index in [1.807, 2.05) is 25.1 Å². The minimum absolute atomic E-state index is 0.716. The fourth-order valence-electron chi connectivity index (χ4n) is 1.65. The monoisotopic (exact) mass is 276 g/mol. The summed E-state index contributed by atoms with van der Waals surface area (Å²) in [5, 5.41) is 7.33. The van der Waals surface area contributed by atoms with Gasteiger partial charge in [0.05, 0.1) is 16.8 Å². The van der Waals surface area contributed by atoms with Crippen molar-refractivity contribution >= 4 is 43.7 Å². The Morgan fingerprint density at radius 2 is 2.22 bits per heavy atom. The fraction of sp³-hybridized carbons (Fsp3) is 0.167. The highest BCUT2D eigenvalue weighted by Gasteiger charge is 2.05. The van der Waals surface area contributed by atoms with Crippen molar-refractivity contribution in [2.24, 2.45) is 0 Å². The number of nitrogen functional groups attached to an aromatic ring is 1. The number of hydrogen-bond acceptors (Lipinski definition) is 6. The lowest BCUT2D eigenvalue weighted by Crippen LogP contribution is -1.98. The molecule has 3 rings (SSSR count). The minimum Gasteiger partial charge on any atom is -0.399 e. The molecule has 1 aromatic carbocycles. The van der Waals surface area contributed by atoms with Gasteiger partial charge >= 0.3 is 0 Å². The quantitative estimate of drug-likeness (QED) is 0.721. The molecule has 0 fully saturated rings. The Bertz CT molecular complexity index is 686. The first kappa shape index (κ1) is 11.4. The van der Waals surface area contributed by atoms with E-state index in [2.05, 4.69) is 20.7 Å². The van der Waals surface area contributed by atoms with E-state index in [4.69, 9.17) is 5.73 Å². The van der Waals surface area contributed by atoms with Crippen LogP contribution in [0.2, 0.25) is 0 Å². The smallest absolute Gasteiger partial charge is 0.184 e. The summed E-state index contributed by atoms with van der Waals surface area (Å²) in [5.74, 6) is 0. The maximum atomic E-state index is 5.75. The van der Waals surface area contributed by atoms with E-state index in [0.29, 0.717) is 6.54 Å². The predicted molar refractivity (Wildman–Crippen MR) is 78.2 cm³/mol. The maximum absolute atomic E-state index is 5.75. The minimum atomic E-state index is 0.716. The molecule has 0 aliphatic rings. The Kier molecular flexibility index (Phi) is 2.89. The Labute approximate surface area is 113 Å². The third-order valence-electron chi connectivity index (χ3n) is 2.47. The molecule has 0 saturated heterocycles. The average Bonchev–Trinajstić information content (AvgIpc) is 2.92. The number of aryl methyl sites for hydroxylation is 1. The summed E-state index contributed by atoms with van der Waals surface area (Å²) in [5.41, 5.74) is 8.57. The Morgan fingerprint density at radius 1 is 1.33 bits per heavy atom. The predicted octanol–water partition coefficient (Wildman–Crippen LogP) is 3.26. The number of benzene rings is 1. The number of nitrogens with one attached hydrogen (secondary N) is 1. The zero-order chi connectivity index (χ0) is 12.5. The fourth-order valence-corrected chi connectivity index (χ4v) is 3.27. The summed E-state index contributed by atoms with van der Waals surface area (Å²) in [6.07, 6.45) is 0. The number of hydrogen-bond donors (Lipinski definition) is 2. The lowest BCUT2D eigenvalue weighted by molar-refractivity contribution is 1.07. The van der Waals surface area contributed by atoms with Gasteiger partial charge in [0.1, 0.15) is 5.01 Å². The highest BCUT2D eigenvalue weighted by molar-refractivity contribution is 7.22. The molecule has 0 aliphatic carbocycles. The molecule has 0 saturated carbocycles. The number of fused-ring (bicyclic) bond motifs is 1. The molecule has 3 N–H and O–H groups in total. The van der Waals surface area contributed by atoms with Gasteiger partial charge in [-0.25, -0.2) is 9.97 Å². The molecule has 18 heavy (non-hydrogen) atoms. The van der Waals surface area contributed by atoms with Crippen LogP contribution in [0.1, 0.15) is 10.7 Å². The first-order valence-corrected chi connectivity index (χ1v) is 7.21. The van der Waals surface area contributed by atoms with Gasteiger partial charge in [-0.3, -0.25) is 0 Å². The molecule has 0 spiro atoms. The van der Waals surface area contributed by atoms with Gasteiger partial charge in [-0.2, -0.15) is 0 Å². The van der Waals surface area contributed by atoms with Crippen molar-refractivity contribution in [3.63, 3.8) is 0 Å². The van der Waals surface area contributed by atoms with Crippen LogP contribution in [0.3, 0.4) is 0 Å². The van der Waals surface area contributed by atoms with Crippen molar-refractivity contribution in [2.45, 2.75) is 13.5 Å². The normalized spacial score (nSPS) is 10.9. The third kappa shape index (κ3) is 2.30. The summed E-state index contributed by atoms with van der Waals surface area (Å²) in [6, 6.07) is 5.77. The van der Waals surface area contributed by atoms with Crippen molar-refractivity contribution in [3.05, 3.63) is 34.3 Å². The summed E-state index contributed by atoms with van der Waals surface area (Å²) < 4.78 is 1.10. The molecule has 2 aromatic heterocycles. The van der Waals surface area contributed by atoms with Gasteiger partial charge in [0.15, 0.2) is 5.13 Å². The lowest BCUT2D eigenvalue weighted by atomic mass is 10.3. The maximum Gasteiger partial charge on any atom is 0.184 e. The lowest BCUT2D eigenvalue weighted by Gasteiger charge is -1.97. The standard InChI is InChI=1S/C12H12N4S2/c1-7-6-17-11(15-7)5-14-12-16-9-3-2-8(13)4-10(9)18-12/h2-4,6H,5,13H2,1H3,(H,14,16). The molecule has 0 bridgehead atoms. The number of rotatable bonds is 3. The van der Waals surface area contributed by atoms with E-state index >= 15 is 0 Å². The summed E-state index contributed by atoms with van der Waals surface area (Å²) in [4.78, 5) is 8.91. The average molecular weight is 276 g/mol. The van der Waals surface area contributed by atoms with Gasteiger partial charge in [0.2, 0.25) is 0 Å². The molecule has 92 valence electrons. The van der Waals surface area contributed by atoms with Crippen LogP contribution in [0, 0.1) is 6.92 Å². The molecule has 0 aliphatic heterocycles. The van der Waals surface area contributed by atoms with E-state index in [9.17, 15) is 0 Å². The SMILES string of the molecule is Cc1csc(CNc2nc3ccc(N)cc3s2)n1. The van der Waals surface area contributed by atoms with Gasteiger partial charge in [-0.15, -0.1) is 11.3 Å². The van der Waals surface area contributed by atoms with Gasteiger partial charge in [0.25, 0.3) is 0 Å². The first-order chi connectivity index (χ1) is 8.70. The van der Waals surface area contributed by atoms with Crippen LogP contribution >= 0.6 is 22.7 Å². The van der Waals surface area contributed by atoms with Crippen LogP contribution in [0.25, 0.3) is 10.2 Å². The number of thiazole rings is 2. The van der Waals surface area contributed by atoms with Crippen LogP contribution in [0.15, 0.2) is 23.6 Å². The zero-order valence-electron chi connectivity index (χ0n) is 9.80. The summed E-state index contributed by atoms with van der Waals surface area (Å²) >= 11 is 3.27. The molecule has 0 radical (unpaired) electrons. The second-order valence-corrected chi connectivity index (χ2v) is 5.96. The van der Waals surface area contributed by atoms with Gasteiger partial charge in [-0.1, -0.05) is 11.3 Å².